The molecule has 0 aliphatic carbocycles. The molecule has 2 rings (SSSR count). The fourth-order valence-corrected chi connectivity index (χ4v) is 3.35. The average Bonchev–Trinajstić information content (AvgIpc) is 2.94. The van der Waals surface area contributed by atoms with Crippen LogP contribution in [0.2, 0.25) is 0 Å². The fourth-order valence-electron chi connectivity index (χ4n) is 3.35. The molecule has 2 heterocycles. The van der Waals surface area contributed by atoms with Gasteiger partial charge in [0, 0.05) is 32.6 Å². The maximum absolute atomic E-state index is 12.7. The molecular weight excluding hydrogens is 266 g/mol. The highest BCUT2D eigenvalue weighted by Gasteiger charge is 2.40. The smallest absolute Gasteiger partial charge is 0.245 e. The molecule has 2 amide bonds. The van der Waals surface area contributed by atoms with Crippen LogP contribution in [0.4, 0.5) is 0 Å². The standard InChI is InChI=1S/C16H29N3O2/c1-10(2)5-14(20)18-15(11(3)4)16(21)19-8-12-6-17-7-13(12)9-19/h10-13,15,17H,5-9H2,1-4H3,(H,18,20)/t12-,13+,15?. The van der Waals surface area contributed by atoms with Crippen LogP contribution in [0.5, 0.6) is 0 Å². The third kappa shape index (κ3) is 3.96. The first-order valence-electron chi connectivity index (χ1n) is 8.17. The van der Waals surface area contributed by atoms with Crippen molar-refractivity contribution in [2.75, 3.05) is 26.2 Å². The van der Waals surface area contributed by atoms with E-state index in [0.717, 1.165) is 26.2 Å². The molecule has 2 aliphatic rings. The lowest BCUT2D eigenvalue weighted by atomic mass is 10.0. The predicted octanol–water partition coefficient (Wildman–Crippen LogP) is 0.851. The highest BCUT2D eigenvalue weighted by molar-refractivity contribution is 5.88. The third-order valence-electron chi connectivity index (χ3n) is 4.54. The number of likely N-dealkylation sites (tertiary alicyclic amines) is 1. The number of hydrogen-bond donors (Lipinski definition) is 2. The minimum atomic E-state index is -0.386. The maximum atomic E-state index is 12.7. The van der Waals surface area contributed by atoms with Gasteiger partial charge in [-0.25, -0.2) is 0 Å². The maximum Gasteiger partial charge on any atom is 0.245 e. The van der Waals surface area contributed by atoms with E-state index < -0.39 is 0 Å². The Morgan fingerprint density at radius 2 is 1.71 bits per heavy atom. The van der Waals surface area contributed by atoms with Crippen molar-refractivity contribution in [1.29, 1.82) is 0 Å². The summed E-state index contributed by atoms with van der Waals surface area (Å²) >= 11 is 0. The fraction of sp³-hybridized carbons (Fsp3) is 0.875. The van der Waals surface area contributed by atoms with Crippen LogP contribution in [-0.4, -0.2) is 48.9 Å². The van der Waals surface area contributed by atoms with Crippen molar-refractivity contribution in [1.82, 2.24) is 15.5 Å². The SMILES string of the molecule is CC(C)CC(=O)NC(C(=O)N1C[C@H]2CNC[C@H]2C1)C(C)C. The van der Waals surface area contributed by atoms with E-state index in [4.69, 9.17) is 0 Å². The summed E-state index contributed by atoms with van der Waals surface area (Å²) in [4.78, 5) is 26.7. The number of nitrogens with one attached hydrogen (secondary N) is 2. The molecule has 3 atom stereocenters. The second kappa shape index (κ2) is 6.77. The number of rotatable bonds is 5. The van der Waals surface area contributed by atoms with Crippen molar-refractivity contribution in [3.05, 3.63) is 0 Å². The Bertz CT molecular complexity index is 383. The van der Waals surface area contributed by atoms with Crippen LogP contribution in [0, 0.1) is 23.7 Å². The van der Waals surface area contributed by atoms with E-state index in [1.54, 1.807) is 0 Å². The van der Waals surface area contributed by atoms with Gasteiger partial charge in [0.25, 0.3) is 0 Å². The van der Waals surface area contributed by atoms with Gasteiger partial charge in [-0.1, -0.05) is 27.7 Å². The van der Waals surface area contributed by atoms with Gasteiger partial charge in [0.05, 0.1) is 0 Å². The largest absolute Gasteiger partial charge is 0.344 e. The molecule has 0 spiro atoms. The lowest BCUT2D eigenvalue weighted by Crippen LogP contribution is -2.51. The summed E-state index contributed by atoms with van der Waals surface area (Å²) in [6.07, 6.45) is 0.478. The highest BCUT2D eigenvalue weighted by atomic mass is 16.2. The van der Waals surface area contributed by atoms with E-state index in [2.05, 4.69) is 10.6 Å². The second-order valence-electron chi connectivity index (χ2n) is 7.31. The zero-order chi connectivity index (χ0) is 15.6. The quantitative estimate of drug-likeness (QED) is 0.790. The van der Waals surface area contributed by atoms with Crippen LogP contribution in [0.15, 0.2) is 0 Å². The molecule has 1 unspecified atom stereocenters. The molecule has 0 bridgehead atoms. The zero-order valence-electron chi connectivity index (χ0n) is 13.7. The molecule has 2 fully saturated rings. The third-order valence-corrected chi connectivity index (χ3v) is 4.54. The number of amides is 2. The topological polar surface area (TPSA) is 61.4 Å². The molecule has 0 saturated carbocycles. The molecule has 5 heteroatoms. The van der Waals surface area contributed by atoms with Gasteiger partial charge in [-0.2, -0.15) is 0 Å². The lowest BCUT2D eigenvalue weighted by Gasteiger charge is -2.27. The molecule has 0 aromatic rings. The van der Waals surface area contributed by atoms with Gasteiger partial charge in [0.2, 0.25) is 11.8 Å². The van der Waals surface area contributed by atoms with Gasteiger partial charge >= 0.3 is 0 Å². The number of fused-ring (bicyclic) bond motifs is 1. The molecule has 2 saturated heterocycles. The van der Waals surface area contributed by atoms with Crippen molar-refractivity contribution < 1.29 is 9.59 Å². The number of hydrogen-bond acceptors (Lipinski definition) is 3. The minimum Gasteiger partial charge on any atom is -0.344 e. The van der Waals surface area contributed by atoms with Crippen molar-refractivity contribution in [2.24, 2.45) is 23.7 Å². The van der Waals surface area contributed by atoms with Gasteiger partial charge in [-0.3, -0.25) is 9.59 Å². The van der Waals surface area contributed by atoms with Crippen LogP contribution < -0.4 is 10.6 Å². The van der Waals surface area contributed by atoms with Crippen molar-refractivity contribution in [3.8, 4) is 0 Å². The first-order valence-corrected chi connectivity index (χ1v) is 8.17. The molecule has 0 radical (unpaired) electrons. The van der Waals surface area contributed by atoms with Gasteiger partial charge in [-0.15, -0.1) is 0 Å². The molecule has 2 N–H and O–H groups in total. The van der Waals surface area contributed by atoms with Crippen LogP contribution in [0.1, 0.15) is 34.1 Å². The summed E-state index contributed by atoms with van der Waals surface area (Å²) in [5.74, 6) is 1.69. The molecule has 5 nitrogen and oxygen atoms in total. The van der Waals surface area contributed by atoms with Gasteiger partial charge in [0.1, 0.15) is 6.04 Å². The summed E-state index contributed by atoms with van der Waals surface area (Å²) in [7, 11) is 0. The highest BCUT2D eigenvalue weighted by Crippen LogP contribution is 2.27. The Morgan fingerprint density at radius 3 is 2.19 bits per heavy atom. The predicted molar refractivity (Wildman–Crippen MR) is 82.7 cm³/mol. The van der Waals surface area contributed by atoms with Crippen LogP contribution in [0.3, 0.4) is 0 Å². The van der Waals surface area contributed by atoms with E-state index in [1.807, 2.05) is 32.6 Å². The average molecular weight is 295 g/mol. The van der Waals surface area contributed by atoms with E-state index in [9.17, 15) is 9.59 Å². The van der Waals surface area contributed by atoms with E-state index in [-0.39, 0.29) is 23.8 Å². The Morgan fingerprint density at radius 1 is 1.14 bits per heavy atom. The Labute approximate surface area is 127 Å². The molecular formula is C16H29N3O2. The summed E-state index contributed by atoms with van der Waals surface area (Å²) in [6, 6.07) is -0.386. The normalized spacial score (nSPS) is 26.3. The zero-order valence-corrected chi connectivity index (χ0v) is 13.7. The number of carbonyl (C=O) groups excluding carboxylic acids is 2. The van der Waals surface area contributed by atoms with Crippen molar-refractivity contribution in [3.63, 3.8) is 0 Å². The Hall–Kier alpha value is -1.10. The number of nitrogens with zero attached hydrogens (tertiary/aromatic N) is 1. The molecule has 120 valence electrons. The van der Waals surface area contributed by atoms with Gasteiger partial charge < -0.3 is 15.5 Å². The summed E-state index contributed by atoms with van der Waals surface area (Å²) in [5.41, 5.74) is 0. The Kier molecular flexibility index (Phi) is 5.25. The monoisotopic (exact) mass is 295 g/mol. The van der Waals surface area contributed by atoms with Crippen LogP contribution >= 0.6 is 0 Å². The molecule has 0 aromatic carbocycles. The van der Waals surface area contributed by atoms with Crippen LogP contribution in [0.25, 0.3) is 0 Å². The Balaban J connectivity index is 1.94. The first-order chi connectivity index (χ1) is 9.88. The van der Waals surface area contributed by atoms with E-state index in [0.29, 0.717) is 24.2 Å². The summed E-state index contributed by atoms with van der Waals surface area (Å²) in [5, 5.41) is 6.33. The van der Waals surface area contributed by atoms with Crippen LogP contribution in [-0.2, 0) is 9.59 Å². The second-order valence-corrected chi connectivity index (χ2v) is 7.31. The van der Waals surface area contributed by atoms with Crippen molar-refractivity contribution in [2.45, 2.75) is 40.2 Å². The van der Waals surface area contributed by atoms with E-state index in [1.165, 1.54) is 0 Å². The molecule has 0 aromatic heterocycles. The lowest BCUT2D eigenvalue weighted by molar-refractivity contribution is -0.137. The van der Waals surface area contributed by atoms with Gasteiger partial charge in [0.15, 0.2) is 0 Å². The molecule has 21 heavy (non-hydrogen) atoms. The summed E-state index contributed by atoms with van der Waals surface area (Å²) < 4.78 is 0. The first kappa shape index (κ1) is 16.3. The van der Waals surface area contributed by atoms with E-state index >= 15 is 0 Å². The van der Waals surface area contributed by atoms with Crippen molar-refractivity contribution >= 4 is 11.8 Å². The summed E-state index contributed by atoms with van der Waals surface area (Å²) in [6.45, 7) is 11.7. The number of carbonyl (C=O) groups is 2. The minimum absolute atomic E-state index is 0.0156. The molecule has 2 aliphatic heterocycles. The van der Waals surface area contributed by atoms with Gasteiger partial charge in [-0.05, 0) is 23.7 Å².